The minimum Gasteiger partial charge on any atom is -0.202 e. The summed E-state index contributed by atoms with van der Waals surface area (Å²) in [6.07, 6.45) is 12.6. The first-order valence-corrected chi connectivity index (χ1v) is 7.21. The van der Waals surface area contributed by atoms with Gasteiger partial charge in [0, 0.05) is 24.5 Å². The third kappa shape index (κ3) is 5.34. The first-order valence-electron chi connectivity index (χ1n) is 7.21. The number of pyridine rings is 1. The van der Waals surface area contributed by atoms with Crippen LogP contribution in [-0.4, -0.2) is 0 Å². The summed E-state index contributed by atoms with van der Waals surface area (Å²) >= 11 is 0. The maximum Gasteiger partial charge on any atom is 0.169 e. The van der Waals surface area contributed by atoms with Crippen LogP contribution in [0.3, 0.4) is 0 Å². The Bertz CT molecular complexity index is 279. The highest BCUT2D eigenvalue weighted by Crippen LogP contribution is 2.19. The molecule has 0 radical (unpaired) electrons. The highest BCUT2D eigenvalue weighted by Gasteiger charge is 2.21. The fraction of sp³-hybridized carbons (Fsp3) is 0.688. The minimum atomic E-state index is 0.665. The smallest absolute Gasteiger partial charge is 0.169 e. The Balaban J connectivity index is 2.40. The molecule has 1 atom stereocenters. The minimum absolute atomic E-state index is 0.665. The molecule has 1 heteroatoms. The van der Waals surface area contributed by atoms with Crippen molar-refractivity contribution in [2.24, 2.45) is 5.92 Å². The molecule has 1 rings (SSSR count). The van der Waals surface area contributed by atoms with Crippen LogP contribution >= 0.6 is 0 Å². The third-order valence-corrected chi connectivity index (χ3v) is 3.49. The Labute approximate surface area is 107 Å². The molecule has 0 aliphatic carbocycles. The molecular weight excluding hydrogens is 206 g/mol. The van der Waals surface area contributed by atoms with Gasteiger partial charge in [-0.3, -0.25) is 0 Å². The van der Waals surface area contributed by atoms with Gasteiger partial charge >= 0.3 is 0 Å². The van der Waals surface area contributed by atoms with Gasteiger partial charge in [0.1, 0.15) is 0 Å². The summed E-state index contributed by atoms with van der Waals surface area (Å²) in [5.41, 5.74) is 0. The van der Waals surface area contributed by atoms with Crippen LogP contribution in [-0.2, 0) is 0 Å². The molecule has 1 heterocycles. The van der Waals surface area contributed by atoms with Crippen molar-refractivity contribution in [2.45, 2.75) is 65.3 Å². The van der Waals surface area contributed by atoms with Gasteiger partial charge in [0.2, 0.25) is 0 Å². The highest BCUT2D eigenvalue weighted by atomic mass is 15.0. The van der Waals surface area contributed by atoms with Crippen LogP contribution in [0.15, 0.2) is 30.6 Å². The molecule has 0 fully saturated rings. The lowest BCUT2D eigenvalue weighted by molar-refractivity contribution is -0.730. The zero-order valence-corrected chi connectivity index (χ0v) is 11.7. The standard InChI is InChI=1S/C16H28N/c1-4-5-6-7-9-12-16(15(2)3)17-13-10-8-11-14-17/h8,10-11,13-16H,4-7,9,12H2,1-3H3/q+1. The molecule has 1 unspecified atom stereocenters. The lowest BCUT2D eigenvalue weighted by atomic mass is 9.97. The largest absolute Gasteiger partial charge is 0.202 e. The topological polar surface area (TPSA) is 3.88 Å². The zero-order valence-electron chi connectivity index (χ0n) is 11.7. The fourth-order valence-electron chi connectivity index (χ4n) is 2.42. The van der Waals surface area contributed by atoms with Gasteiger partial charge in [-0.15, -0.1) is 0 Å². The molecule has 96 valence electrons. The van der Waals surface area contributed by atoms with E-state index < -0.39 is 0 Å². The molecule has 1 nitrogen and oxygen atoms in total. The summed E-state index contributed by atoms with van der Waals surface area (Å²) in [5.74, 6) is 0.716. The molecule has 0 aliphatic heterocycles. The van der Waals surface area contributed by atoms with Crippen molar-refractivity contribution in [3.63, 3.8) is 0 Å². The van der Waals surface area contributed by atoms with Crippen molar-refractivity contribution < 1.29 is 4.57 Å². The molecular formula is C16H28N+. The molecule has 0 aliphatic rings. The van der Waals surface area contributed by atoms with Gasteiger partial charge < -0.3 is 0 Å². The maximum atomic E-state index is 2.38. The van der Waals surface area contributed by atoms with E-state index in [2.05, 4.69) is 55.9 Å². The number of aromatic nitrogens is 1. The zero-order chi connectivity index (χ0) is 12.5. The fourth-order valence-corrected chi connectivity index (χ4v) is 2.42. The Morgan fingerprint density at radius 3 is 2.12 bits per heavy atom. The lowest BCUT2D eigenvalue weighted by Crippen LogP contribution is -2.41. The summed E-state index contributed by atoms with van der Waals surface area (Å²) < 4.78 is 2.38. The van der Waals surface area contributed by atoms with E-state index in [1.807, 2.05) is 0 Å². The Morgan fingerprint density at radius 1 is 0.882 bits per heavy atom. The summed E-state index contributed by atoms with van der Waals surface area (Å²) in [6.45, 7) is 6.93. The number of unbranched alkanes of at least 4 members (excludes halogenated alkanes) is 4. The molecule has 0 aromatic carbocycles. The van der Waals surface area contributed by atoms with E-state index in [9.17, 15) is 0 Å². The van der Waals surface area contributed by atoms with Crippen LogP contribution in [0.25, 0.3) is 0 Å². The molecule has 0 saturated heterocycles. The van der Waals surface area contributed by atoms with E-state index in [0.29, 0.717) is 12.0 Å². The SMILES string of the molecule is CCCCCCCC(C(C)C)[n+]1ccccc1. The van der Waals surface area contributed by atoms with Gasteiger partial charge in [0.05, 0.1) is 0 Å². The average molecular weight is 234 g/mol. The van der Waals surface area contributed by atoms with Gasteiger partial charge in [-0.1, -0.05) is 52.5 Å². The third-order valence-electron chi connectivity index (χ3n) is 3.49. The van der Waals surface area contributed by atoms with Crippen molar-refractivity contribution in [3.05, 3.63) is 30.6 Å². The summed E-state index contributed by atoms with van der Waals surface area (Å²) in [6, 6.07) is 7.02. The van der Waals surface area contributed by atoms with Crippen LogP contribution < -0.4 is 4.57 Å². The van der Waals surface area contributed by atoms with Crippen LogP contribution in [0.5, 0.6) is 0 Å². The molecule has 1 aromatic rings. The summed E-state index contributed by atoms with van der Waals surface area (Å²) in [7, 11) is 0. The van der Waals surface area contributed by atoms with E-state index in [4.69, 9.17) is 0 Å². The summed E-state index contributed by atoms with van der Waals surface area (Å²) in [5, 5.41) is 0. The second-order valence-corrected chi connectivity index (χ2v) is 5.34. The van der Waals surface area contributed by atoms with Crippen LogP contribution in [0.2, 0.25) is 0 Å². The van der Waals surface area contributed by atoms with Gasteiger partial charge in [-0.2, -0.15) is 0 Å². The first kappa shape index (κ1) is 14.2. The molecule has 17 heavy (non-hydrogen) atoms. The van der Waals surface area contributed by atoms with Crippen LogP contribution in [0, 0.1) is 5.92 Å². The number of rotatable bonds is 8. The second-order valence-electron chi connectivity index (χ2n) is 5.34. The molecule has 0 saturated carbocycles. The Hall–Kier alpha value is -0.850. The van der Waals surface area contributed by atoms with Gasteiger partial charge in [0.25, 0.3) is 0 Å². The van der Waals surface area contributed by atoms with Gasteiger partial charge in [-0.05, 0) is 6.42 Å². The normalized spacial score (nSPS) is 12.9. The lowest BCUT2D eigenvalue weighted by Gasteiger charge is -2.15. The van der Waals surface area contributed by atoms with Crippen molar-refractivity contribution in [3.8, 4) is 0 Å². The average Bonchev–Trinajstić information content (AvgIpc) is 2.34. The van der Waals surface area contributed by atoms with Crippen LogP contribution in [0.4, 0.5) is 0 Å². The molecule has 0 N–H and O–H groups in total. The predicted molar refractivity (Wildman–Crippen MR) is 73.9 cm³/mol. The molecule has 0 amide bonds. The van der Waals surface area contributed by atoms with Gasteiger partial charge in [0.15, 0.2) is 18.4 Å². The van der Waals surface area contributed by atoms with Crippen molar-refractivity contribution in [2.75, 3.05) is 0 Å². The van der Waals surface area contributed by atoms with E-state index in [-0.39, 0.29) is 0 Å². The van der Waals surface area contributed by atoms with E-state index >= 15 is 0 Å². The molecule has 0 bridgehead atoms. The van der Waals surface area contributed by atoms with Gasteiger partial charge in [-0.25, -0.2) is 4.57 Å². The van der Waals surface area contributed by atoms with E-state index in [1.54, 1.807) is 0 Å². The van der Waals surface area contributed by atoms with Crippen molar-refractivity contribution in [1.29, 1.82) is 0 Å². The number of hydrogen-bond acceptors (Lipinski definition) is 0. The summed E-state index contributed by atoms with van der Waals surface area (Å²) in [4.78, 5) is 0. The first-order chi connectivity index (χ1) is 8.25. The number of hydrogen-bond donors (Lipinski definition) is 0. The van der Waals surface area contributed by atoms with Crippen molar-refractivity contribution >= 4 is 0 Å². The highest BCUT2D eigenvalue weighted by molar-refractivity contribution is 4.84. The number of nitrogens with zero attached hydrogens (tertiary/aromatic N) is 1. The van der Waals surface area contributed by atoms with E-state index in [0.717, 1.165) is 0 Å². The monoisotopic (exact) mass is 234 g/mol. The quantitative estimate of drug-likeness (QED) is 0.459. The van der Waals surface area contributed by atoms with Crippen LogP contribution in [0.1, 0.15) is 65.3 Å². The maximum absolute atomic E-state index is 2.38. The second kappa shape index (κ2) is 8.27. The molecule has 1 aromatic heterocycles. The molecule has 0 spiro atoms. The Morgan fingerprint density at radius 2 is 1.53 bits per heavy atom. The van der Waals surface area contributed by atoms with Crippen molar-refractivity contribution in [1.82, 2.24) is 0 Å². The predicted octanol–water partition coefficient (Wildman–Crippen LogP) is 4.53. The van der Waals surface area contributed by atoms with E-state index in [1.165, 1.54) is 38.5 Å². The Kier molecular flexibility index (Phi) is 6.91.